The molecule has 0 heterocycles. The highest BCUT2D eigenvalue weighted by Crippen LogP contribution is 2.20. The molecule has 0 aliphatic rings. The lowest BCUT2D eigenvalue weighted by Crippen LogP contribution is -2.55. The van der Waals surface area contributed by atoms with E-state index in [9.17, 15) is 27.6 Å². The molecule has 2 N–H and O–H groups in total. The van der Waals surface area contributed by atoms with E-state index in [-0.39, 0.29) is 19.4 Å². The van der Waals surface area contributed by atoms with Crippen LogP contribution in [0.5, 0.6) is 0 Å². The number of ether oxygens (including phenoxy) is 1. The van der Waals surface area contributed by atoms with Gasteiger partial charge in [-0.25, -0.2) is 4.79 Å². The second-order valence-corrected chi connectivity index (χ2v) is 7.88. The number of carbonyl (C=O) groups is 3. The van der Waals surface area contributed by atoms with Crippen LogP contribution in [0.3, 0.4) is 0 Å². The fourth-order valence-electron chi connectivity index (χ4n) is 3.11. The summed E-state index contributed by atoms with van der Waals surface area (Å²) in [4.78, 5) is 36.9. The van der Waals surface area contributed by atoms with E-state index in [1.807, 2.05) is 0 Å². The topological polar surface area (TPSA) is 84.5 Å². The summed E-state index contributed by atoms with van der Waals surface area (Å²) in [5.41, 5.74) is 1.46. The zero-order valence-corrected chi connectivity index (χ0v) is 18.4. The van der Waals surface area contributed by atoms with E-state index >= 15 is 0 Å². The van der Waals surface area contributed by atoms with Gasteiger partial charge < -0.3 is 15.4 Å². The van der Waals surface area contributed by atoms with Crippen LogP contribution in [-0.2, 0) is 27.4 Å². The van der Waals surface area contributed by atoms with Gasteiger partial charge in [0, 0.05) is 0 Å². The third kappa shape index (κ3) is 8.59. The van der Waals surface area contributed by atoms with E-state index in [0.717, 1.165) is 11.1 Å². The molecule has 33 heavy (non-hydrogen) atoms. The normalized spacial score (nSPS) is 13.2. The van der Waals surface area contributed by atoms with Gasteiger partial charge in [-0.15, -0.1) is 0 Å². The maximum Gasteiger partial charge on any atom is 0.452 e. The molecule has 0 bridgehead atoms. The van der Waals surface area contributed by atoms with E-state index in [2.05, 4.69) is 10.6 Å². The monoisotopic (exact) mass is 464 g/mol. The molecule has 2 aromatic rings. The highest BCUT2D eigenvalue weighted by Gasteiger charge is 2.44. The van der Waals surface area contributed by atoms with Crippen molar-refractivity contribution in [3.05, 3.63) is 71.8 Å². The minimum Gasteiger partial charge on any atom is -0.445 e. The van der Waals surface area contributed by atoms with E-state index in [1.54, 1.807) is 74.5 Å². The number of ketones is 1. The summed E-state index contributed by atoms with van der Waals surface area (Å²) in [5.74, 6) is -3.40. The Morgan fingerprint density at radius 3 is 1.94 bits per heavy atom. The van der Waals surface area contributed by atoms with Crippen molar-refractivity contribution in [2.75, 3.05) is 0 Å². The lowest BCUT2D eigenvalue weighted by atomic mass is 9.99. The Hall–Kier alpha value is -3.36. The molecule has 2 aromatic carbocycles. The van der Waals surface area contributed by atoms with E-state index in [1.165, 1.54) is 0 Å². The van der Waals surface area contributed by atoms with Gasteiger partial charge in [-0.1, -0.05) is 74.5 Å². The Morgan fingerprint density at radius 1 is 0.879 bits per heavy atom. The predicted molar refractivity (Wildman–Crippen MR) is 116 cm³/mol. The first kappa shape index (κ1) is 25.9. The van der Waals surface area contributed by atoms with Crippen molar-refractivity contribution in [3.8, 4) is 0 Å². The largest absolute Gasteiger partial charge is 0.452 e. The number of rotatable bonds is 10. The second-order valence-electron chi connectivity index (χ2n) is 7.88. The summed E-state index contributed by atoms with van der Waals surface area (Å²) < 4.78 is 44.4. The van der Waals surface area contributed by atoms with E-state index < -0.39 is 42.0 Å². The Balaban J connectivity index is 2.04. The molecule has 0 aliphatic heterocycles. The van der Waals surface area contributed by atoms with Crippen LogP contribution in [0.15, 0.2) is 60.7 Å². The van der Waals surface area contributed by atoms with Gasteiger partial charge in [-0.3, -0.25) is 9.59 Å². The van der Waals surface area contributed by atoms with Crippen molar-refractivity contribution in [1.29, 1.82) is 0 Å². The van der Waals surface area contributed by atoms with Gasteiger partial charge in [-0.05, 0) is 29.9 Å². The van der Waals surface area contributed by atoms with Gasteiger partial charge in [0.2, 0.25) is 5.91 Å². The standard InChI is InChI=1S/C24H27F3N2O4/c1-16(2)20(29-23(32)33-15-18-11-7-4-8-12-18)22(31)28-19(21(30)24(25,26)27)14-13-17-9-5-3-6-10-17/h3-12,16,19-20H,13-15H2,1-2H3,(H,28,31)(H,29,32)/t19-,20+/m1/s1. The van der Waals surface area contributed by atoms with Crippen LogP contribution in [0.25, 0.3) is 0 Å². The smallest absolute Gasteiger partial charge is 0.445 e. The summed E-state index contributed by atoms with van der Waals surface area (Å²) in [7, 11) is 0. The Labute approximate surface area is 190 Å². The number of alkyl halides is 3. The molecule has 0 fully saturated rings. The average molecular weight is 464 g/mol. The first-order valence-corrected chi connectivity index (χ1v) is 10.5. The number of carbonyl (C=O) groups excluding carboxylic acids is 3. The molecule has 0 radical (unpaired) electrons. The number of amides is 2. The van der Waals surface area contributed by atoms with E-state index in [0.29, 0.717) is 0 Å². The van der Waals surface area contributed by atoms with Crippen LogP contribution in [0, 0.1) is 5.92 Å². The molecule has 6 nitrogen and oxygen atoms in total. The number of aryl methyl sites for hydroxylation is 1. The van der Waals surface area contributed by atoms with Gasteiger partial charge in [-0.2, -0.15) is 13.2 Å². The van der Waals surface area contributed by atoms with Gasteiger partial charge in [0.05, 0.1) is 6.04 Å². The molecule has 9 heteroatoms. The van der Waals surface area contributed by atoms with Gasteiger partial charge >= 0.3 is 12.3 Å². The number of hydrogen-bond donors (Lipinski definition) is 2. The lowest BCUT2D eigenvalue weighted by molar-refractivity contribution is -0.174. The summed E-state index contributed by atoms with van der Waals surface area (Å²) in [6.45, 7) is 3.20. The molecular weight excluding hydrogens is 437 g/mol. The molecule has 0 aliphatic carbocycles. The fourth-order valence-corrected chi connectivity index (χ4v) is 3.11. The third-order valence-electron chi connectivity index (χ3n) is 4.91. The van der Waals surface area contributed by atoms with Crippen LogP contribution >= 0.6 is 0 Å². The summed E-state index contributed by atoms with van der Waals surface area (Å²) >= 11 is 0. The summed E-state index contributed by atoms with van der Waals surface area (Å²) in [6, 6.07) is 14.6. The molecule has 0 saturated carbocycles. The van der Waals surface area contributed by atoms with Crippen LogP contribution in [-0.4, -0.2) is 36.0 Å². The molecular formula is C24H27F3N2O4. The van der Waals surface area contributed by atoms with Gasteiger partial charge in [0.1, 0.15) is 12.6 Å². The van der Waals surface area contributed by atoms with Crippen molar-refractivity contribution in [2.24, 2.45) is 5.92 Å². The summed E-state index contributed by atoms with van der Waals surface area (Å²) in [5, 5.41) is 4.55. The molecule has 0 saturated heterocycles. The molecule has 0 aromatic heterocycles. The second kappa shape index (κ2) is 12.0. The highest BCUT2D eigenvalue weighted by molar-refractivity contribution is 5.94. The first-order valence-electron chi connectivity index (χ1n) is 10.5. The quantitative estimate of drug-likeness (QED) is 0.552. The molecule has 2 atom stereocenters. The SMILES string of the molecule is CC(C)[C@H](NC(=O)OCc1ccccc1)C(=O)N[C@H](CCc1ccccc1)C(=O)C(F)(F)F. The third-order valence-corrected chi connectivity index (χ3v) is 4.91. The van der Waals surface area contributed by atoms with E-state index in [4.69, 9.17) is 4.74 Å². The number of hydrogen-bond acceptors (Lipinski definition) is 4. The fraction of sp³-hybridized carbons (Fsp3) is 0.375. The lowest BCUT2D eigenvalue weighted by Gasteiger charge is -2.25. The van der Waals surface area contributed by atoms with Crippen LogP contribution in [0.1, 0.15) is 31.4 Å². The van der Waals surface area contributed by atoms with Gasteiger partial charge in [0.25, 0.3) is 5.78 Å². The molecule has 178 valence electrons. The molecule has 2 rings (SSSR count). The van der Waals surface area contributed by atoms with Crippen LogP contribution in [0.4, 0.5) is 18.0 Å². The number of halogens is 3. The molecule has 0 spiro atoms. The van der Waals surface area contributed by atoms with Crippen LogP contribution < -0.4 is 10.6 Å². The minimum atomic E-state index is -5.11. The van der Waals surface area contributed by atoms with Crippen LogP contribution in [0.2, 0.25) is 0 Å². The number of Topliss-reactive ketones (excluding diaryl/α,β-unsaturated/α-hetero) is 1. The Morgan fingerprint density at radius 2 is 1.42 bits per heavy atom. The maximum atomic E-state index is 13.1. The summed E-state index contributed by atoms with van der Waals surface area (Å²) in [6.07, 6.45) is -6.08. The predicted octanol–water partition coefficient (Wildman–Crippen LogP) is 4.19. The van der Waals surface area contributed by atoms with Crippen molar-refractivity contribution in [1.82, 2.24) is 10.6 Å². The molecule has 2 amide bonds. The highest BCUT2D eigenvalue weighted by atomic mass is 19.4. The van der Waals surface area contributed by atoms with Crippen molar-refractivity contribution >= 4 is 17.8 Å². The number of benzene rings is 2. The van der Waals surface area contributed by atoms with Crippen molar-refractivity contribution in [2.45, 2.75) is 51.6 Å². The van der Waals surface area contributed by atoms with Gasteiger partial charge in [0.15, 0.2) is 0 Å². The first-order chi connectivity index (χ1) is 15.6. The number of nitrogens with one attached hydrogen (secondary N) is 2. The number of alkyl carbamates (subject to hydrolysis) is 1. The average Bonchev–Trinajstić information content (AvgIpc) is 2.78. The molecule has 0 unspecified atom stereocenters. The Bertz CT molecular complexity index is 918. The van der Waals surface area contributed by atoms with Crippen molar-refractivity contribution in [3.63, 3.8) is 0 Å². The Kier molecular flexibility index (Phi) is 9.44. The zero-order chi connectivity index (χ0) is 24.4. The zero-order valence-electron chi connectivity index (χ0n) is 18.4. The maximum absolute atomic E-state index is 13.1. The minimum absolute atomic E-state index is 0.0363. The van der Waals surface area contributed by atoms with Crippen molar-refractivity contribution < 1.29 is 32.3 Å².